The number of hydrogen-bond donors (Lipinski definition) is 0. The smallest absolute Gasteiger partial charge is 0.282 e. The van der Waals surface area contributed by atoms with Gasteiger partial charge in [0.05, 0.1) is 17.1 Å². The van der Waals surface area contributed by atoms with Gasteiger partial charge >= 0.3 is 0 Å². The first-order valence-corrected chi connectivity index (χ1v) is 10.2. The van der Waals surface area contributed by atoms with Gasteiger partial charge in [0.25, 0.3) is 5.56 Å². The highest BCUT2D eigenvalue weighted by Crippen LogP contribution is 2.29. The molecule has 0 saturated heterocycles. The van der Waals surface area contributed by atoms with Gasteiger partial charge in [-0.15, -0.1) is 0 Å². The first-order valence-electron chi connectivity index (χ1n) is 9.41. The van der Waals surface area contributed by atoms with Gasteiger partial charge in [-0.3, -0.25) is 4.79 Å². The van der Waals surface area contributed by atoms with Gasteiger partial charge in [0.15, 0.2) is 5.76 Å². The van der Waals surface area contributed by atoms with E-state index < -0.39 is 0 Å². The number of aromatic nitrogens is 2. The van der Waals surface area contributed by atoms with E-state index in [0.717, 1.165) is 21.0 Å². The number of fused-ring (bicyclic) bond motifs is 2. The molecule has 5 nitrogen and oxygen atoms in total. The average Bonchev–Trinajstić information content (AvgIpc) is 3.17. The van der Waals surface area contributed by atoms with Crippen LogP contribution in [0.15, 0.2) is 91.6 Å². The summed E-state index contributed by atoms with van der Waals surface area (Å²) in [5.41, 5.74) is 3.06. The molecule has 5 aromatic rings. The zero-order valence-corrected chi connectivity index (χ0v) is 17.6. The summed E-state index contributed by atoms with van der Waals surface area (Å²) in [6.45, 7) is 2.00. The number of halogens is 1. The normalized spacial score (nSPS) is 11.7. The SMILES string of the molecule is Cc1ccccc1C=Nn1c(-c2cc3cc(Br)ccc3o2)nc2ccccc2c1=O. The van der Waals surface area contributed by atoms with Crippen LogP contribution in [0, 0.1) is 6.92 Å². The summed E-state index contributed by atoms with van der Waals surface area (Å²) in [5, 5.41) is 5.91. The number of benzene rings is 3. The third kappa shape index (κ3) is 3.25. The van der Waals surface area contributed by atoms with E-state index in [9.17, 15) is 4.79 Å². The van der Waals surface area contributed by atoms with Crippen LogP contribution in [0.4, 0.5) is 0 Å². The number of furan rings is 1. The molecule has 0 saturated carbocycles. The molecule has 5 rings (SSSR count). The van der Waals surface area contributed by atoms with Crippen LogP contribution >= 0.6 is 15.9 Å². The first-order chi connectivity index (χ1) is 14.6. The lowest BCUT2D eigenvalue weighted by Gasteiger charge is -2.07. The van der Waals surface area contributed by atoms with E-state index in [-0.39, 0.29) is 5.56 Å². The standard InChI is InChI=1S/C24H16BrN3O2/c1-15-6-2-3-7-16(15)14-26-28-23(27-20-9-5-4-8-19(20)24(28)29)22-13-17-12-18(25)10-11-21(17)30-22/h2-14H,1H3. The van der Waals surface area contributed by atoms with Gasteiger partial charge in [-0.05, 0) is 54.4 Å². The van der Waals surface area contributed by atoms with Crippen LogP contribution in [0.25, 0.3) is 33.5 Å². The molecule has 2 aromatic heterocycles. The highest BCUT2D eigenvalue weighted by Gasteiger charge is 2.16. The van der Waals surface area contributed by atoms with Crippen molar-refractivity contribution >= 4 is 44.0 Å². The van der Waals surface area contributed by atoms with Gasteiger partial charge in [-0.25, -0.2) is 4.98 Å². The Morgan fingerprint density at radius 1 is 1.03 bits per heavy atom. The maximum Gasteiger partial charge on any atom is 0.282 e. The minimum absolute atomic E-state index is 0.248. The zero-order chi connectivity index (χ0) is 20.7. The molecule has 0 bridgehead atoms. The van der Waals surface area contributed by atoms with E-state index in [4.69, 9.17) is 9.40 Å². The Balaban J connectivity index is 1.76. The second-order valence-corrected chi connectivity index (χ2v) is 7.88. The summed E-state index contributed by atoms with van der Waals surface area (Å²) in [6, 6.07) is 22.7. The Hall–Kier alpha value is -3.51. The monoisotopic (exact) mass is 457 g/mol. The van der Waals surface area contributed by atoms with E-state index in [1.54, 1.807) is 12.3 Å². The third-order valence-corrected chi connectivity index (χ3v) is 5.45. The number of para-hydroxylation sites is 1. The van der Waals surface area contributed by atoms with Gasteiger partial charge in [0.2, 0.25) is 5.82 Å². The topological polar surface area (TPSA) is 60.4 Å². The van der Waals surface area contributed by atoms with Crippen molar-refractivity contribution in [3.8, 4) is 11.6 Å². The minimum atomic E-state index is -0.248. The Morgan fingerprint density at radius 2 is 1.83 bits per heavy atom. The van der Waals surface area contributed by atoms with E-state index in [1.165, 1.54) is 4.68 Å². The predicted octanol–water partition coefficient (Wildman–Crippen LogP) is 5.76. The van der Waals surface area contributed by atoms with Crippen molar-refractivity contribution in [3.05, 3.63) is 98.7 Å². The molecule has 0 radical (unpaired) electrons. The molecule has 0 fully saturated rings. The Kier molecular flexibility index (Phi) is 4.56. The Labute approximate surface area is 180 Å². The van der Waals surface area contributed by atoms with Gasteiger partial charge in [0, 0.05) is 9.86 Å². The van der Waals surface area contributed by atoms with Crippen molar-refractivity contribution in [1.29, 1.82) is 0 Å². The number of aryl methyl sites for hydroxylation is 1. The number of rotatable bonds is 3. The predicted molar refractivity (Wildman–Crippen MR) is 123 cm³/mol. The fraction of sp³-hybridized carbons (Fsp3) is 0.0417. The summed E-state index contributed by atoms with van der Waals surface area (Å²) in [4.78, 5) is 18.0. The average molecular weight is 458 g/mol. The largest absolute Gasteiger partial charge is 0.453 e. The lowest BCUT2D eigenvalue weighted by atomic mass is 10.1. The van der Waals surface area contributed by atoms with E-state index in [2.05, 4.69) is 21.0 Å². The molecule has 3 aromatic carbocycles. The molecule has 0 amide bonds. The van der Waals surface area contributed by atoms with E-state index in [1.807, 2.05) is 73.7 Å². The summed E-state index contributed by atoms with van der Waals surface area (Å²) in [7, 11) is 0. The fourth-order valence-electron chi connectivity index (χ4n) is 3.37. The summed E-state index contributed by atoms with van der Waals surface area (Å²) < 4.78 is 8.27. The molecule has 0 unspecified atom stereocenters. The highest BCUT2D eigenvalue weighted by molar-refractivity contribution is 9.10. The van der Waals surface area contributed by atoms with Crippen LogP contribution < -0.4 is 5.56 Å². The van der Waals surface area contributed by atoms with Crippen molar-refractivity contribution in [2.24, 2.45) is 5.10 Å². The second kappa shape index (κ2) is 7.39. The molecule has 30 heavy (non-hydrogen) atoms. The maximum atomic E-state index is 13.3. The summed E-state index contributed by atoms with van der Waals surface area (Å²) in [5.74, 6) is 0.837. The third-order valence-electron chi connectivity index (χ3n) is 4.95. The molecule has 2 heterocycles. The van der Waals surface area contributed by atoms with Gasteiger partial charge < -0.3 is 4.42 Å². The van der Waals surface area contributed by atoms with Crippen molar-refractivity contribution in [2.45, 2.75) is 6.92 Å². The van der Waals surface area contributed by atoms with Crippen LogP contribution in [0.1, 0.15) is 11.1 Å². The van der Waals surface area contributed by atoms with Crippen molar-refractivity contribution < 1.29 is 4.42 Å². The molecular formula is C24H16BrN3O2. The van der Waals surface area contributed by atoms with Gasteiger partial charge in [-0.2, -0.15) is 9.78 Å². The molecule has 146 valence electrons. The van der Waals surface area contributed by atoms with E-state index >= 15 is 0 Å². The minimum Gasteiger partial charge on any atom is -0.453 e. The number of hydrogen-bond acceptors (Lipinski definition) is 4. The van der Waals surface area contributed by atoms with Crippen LogP contribution in [0.2, 0.25) is 0 Å². The molecule has 0 N–H and O–H groups in total. The Bertz CT molecular complexity index is 1500. The number of nitrogens with zero attached hydrogens (tertiary/aromatic N) is 3. The van der Waals surface area contributed by atoms with Crippen molar-refractivity contribution in [3.63, 3.8) is 0 Å². The molecule has 0 atom stereocenters. The molecule has 0 aliphatic rings. The van der Waals surface area contributed by atoms with Crippen LogP contribution in [-0.4, -0.2) is 15.9 Å². The quantitative estimate of drug-likeness (QED) is 0.323. The Morgan fingerprint density at radius 3 is 2.70 bits per heavy atom. The maximum absolute atomic E-state index is 13.3. The molecule has 0 aliphatic carbocycles. The summed E-state index contributed by atoms with van der Waals surface area (Å²) >= 11 is 3.48. The lowest BCUT2D eigenvalue weighted by Crippen LogP contribution is -2.20. The van der Waals surface area contributed by atoms with Crippen LogP contribution in [-0.2, 0) is 0 Å². The van der Waals surface area contributed by atoms with Crippen LogP contribution in [0.5, 0.6) is 0 Å². The van der Waals surface area contributed by atoms with Crippen molar-refractivity contribution in [1.82, 2.24) is 9.66 Å². The first kappa shape index (κ1) is 18.5. The van der Waals surface area contributed by atoms with Crippen LogP contribution in [0.3, 0.4) is 0 Å². The molecular weight excluding hydrogens is 442 g/mol. The van der Waals surface area contributed by atoms with E-state index in [0.29, 0.717) is 28.1 Å². The van der Waals surface area contributed by atoms with Gasteiger partial charge in [-0.1, -0.05) is 52.3 Å². The molecule has 0 aliphatic heterocycles. The van der Waals surface area contributed by atoms with Crippen molar-refractivity contribution in [2.75, 3.05) is 0 Å². The summed E-state index contributed by atoms with van der Waals surface area (Å²) in [6.07, 6.45) is 1.68. The fourth-order valence-corrected chi connectivity index (χ4v) is 3.75. The zero-order valence-electron chi connectivity index (χ0n) is 16.0. The lowest BCUT2D eigenvalue weighted by molar-refractivity contribution is 0.616. The molecule has 0 spiro atoms. The second-order valence-electron chi connectivity index (χ2n) is 6.96. The highest BCUT2D eigenvalue weighted by atomic mass is 79.9. The molecule has 6 heteroatoms. The van der Waals surface area contributed by atoms with Gasteiger partial charge in [0.1, 0.15) is 5.58 Å².